The number of fused-ring (bicyclic) bond motifs is 8. The second-order valence-corrected chi connectivity index (χ2v) is 14.6. The van der Waals surface area contributed by atoms with Crippen LogP contribution in [-0.2, 0) is 5.41 Å². The third kappa shape index (κ3) is 4.77. The Hall–Kier alpha value is -6.44. The summed E-state index contributed by atoms with van der Waals surface area (Å²) in [6.07, 6.45) is 0. The molecule has 0 aliphatic carbocycles. The first kappa shape index (κ1) is 30.4. The summed E-state index contributed by atoms with van der Waals surface area (Å²) in [5.74, 6) is 0. The predicted octanol–water partition coefficient (Wildman–Crippen LogP) is 14.3. The van der Waals surface area contributed by atoms with Crippen LogP contribution in [0.4, 0.5) is 17.1 Å². The minimum atomic E-state index is -0.0841. The highest BCUT2D eigenvalue weighted by atomic mass is 15.2. The molecule has 1 aliphatic rings. The average molecular weight is 664 g/mol. The standard InChI is InChI=1S/C51H37N/c1-51(2)47-24-7-9-26-49(47)52(50-27-10-8-25-48(50)51)40-19-13-18-38(32-40)36-16-11-14-34(30-36)35-15-12-17-37(31-35)39-28-29-45-43-22-4-3-20-41(43)42-21-5-6-23-44(42)46(45)33-39/h3-33H,1-2H3. The van der Waals surface area contributed by atoms with Crippen LogP contribution in [0.1, 0.15) is 25.0 Å². The summed E-state index contributed by atoms with van der Waals surface area (Å²) >= 11 is 0. The first-order valence-corrected chi connectivity index (χ1v) is 18.2. The van der Waals surface area contributed by atoms with E-state index < -0.39 is 0 Å². The van der Waals surface area contributed by atoms with Gasteiger partial charge in [0.05, 0.1) is 11.4 Å². The van der Waals surface area contributed by atoms with Gasteiger partial charge in [-0.15, -0.1) is 0 Å². The van der Waals surface area contributed by atoms with Crippen molar-refractivity contribution in [3.8, 4) is 33.4 Å². The molecule has 0 bridgehead atoms. The molecule has 1 heteroatoms. The number of hydrogen-bond donors (Lipinski definition) is 0. The van der Waals surface area contributed by atoms with Crippen molar-refractivity contribution in [1.29, 1.82) is 0 Å². The van der Waals surface area contributed by atoms with Crippen LogP contribution in [0.2, 0.25) is 0 Å². The second-order valence-electron chi connectivity index (χ2n) is 14.6. The van der Waals surface area contributed by atoms with Gasteiger partial charge in [-0.3, -0.25) is 0 Å². The zero-order valence-electron chi connectivity index (χ0n) is 29.3. The zero-order chi connectivity index (χ0) is 34.8. The molecule has 0 unspecified atom stereocenters. The second kappa shape index (κ2) is 11.8. The van der Waals surface area contributed by atoms with Crippen LogP contribution in [0.25, 0.3) is 65.7 Å². The van der Waals surface area contributed by atoms with Gasteiger partial charge < -0.3 is 4.90 Å². The highest BCUT2D eigenvalue weighted by Crippen LogP contribution is 2.52. The summed E-state index contributed by atoms with van der Waals surface area (Å²) < 4.78 is 0. The van der Waals surface area contributed by atoms with E-state index in [2.05, 4.69) is 207 Å². The normalized spacial score (nSPS) is 13.3. The molecule has 0 N–H and O–H groups in total. The lowest BCUT2D eigenvalue weighted by molar-refractivity contribution is 0.632. The van der Waals surface area contributed by atoms with E-state index in [9.17, 15) is 0 Å². The lowest BCUT2D eigenvalue weighted by atomic mass is 9.73. The number of benzene rings is 9. The minimum Gasteiger partial charge on any atom is -0.310 e. The van der Waals surface area contributed by atoms with Crippen molar-refractivity contribution < 1.29 is 0 Å². The Kier molecular flexibility index (Phi) is 6.91. The van der Waals surface area contributed by atoms with Gasteiger partial charge in [0.1, 0.15) is 0 Å². The first-order chi connectivity index (χ1) is 25.5. The Balaban J connectivity index is 1.04. The lowest BCUT2D eigenvalue weighted by Crippen LogP contribution is -2.30. The topological polar surface area (TPSA) is 3.24 Å². The molecule has 0 saturated heterocycles. The fourth-order valence-electron chi connectivity index (χ4n) is 8.62. The average Bonchev–Trinajstić information content (AvgIpc) is 3.21. The number of hydrogen-bond acceptors (Lipinski definition) is 1. The van der Waals surface area contributed by atoms with Crippen molar-refractivity contribution in [2.24, 2.45) is 0 Å². The van der Waals surface area contributed by atoms with Gasteiger partial charge in [0.15, 0.2) is 0 Å². The molecular formula is C51H37N. The molecule has 0 amide bonds. The molecule has 0 saturated carbocycles. The molecule has 1 aliphatic heterocycles. The smallest absolute Gasteiger partial charge is 0.0502 e. The monoisotopic (exact) mass is 663 g/mol. The van der Waals surface area contributed by atoms with Crippen LogP contribution in [0, 0.1) is 0 Å². The molecule has 1 heterocycles. The Morgan fingerprint density at radius 3 is 1.21 bits per heavy atom. The molecular weight excluding hydrogens is 627 g/mol. The van der Waals surface area contributed by atoms with Crippen molar-refractivity contribution in [3.63, 3.8) is 0 Å². The van der Waals surface area contributed by atoms with Gasteiger partial charge in [-0.25, -0.2) is 0 Å². The summed E-state index contributed by atoms with van der Waals surface area (Å²) in [6.45, 7) is 4.67. The summed E-state index contributed by atoms with van der Waals surface area (Å²) in [5, 5.41) is 7.79. The number of para-hydroxylation sites is 2. The Morgan fingerprint density at radius 1 is 0.308 bits per heavy atom. The van der Waals surface area contributed by atoms with E-state index in [1.54, 1.807) is 0 Å². The maximum Gasteiger partial charge on any atom is 0.0502 e. The fourth-order valence-corrected chi connectivity index (χ4v) is 8.62. The van der Waals surface area contributed by atoms with E-state index in [-0.39, 0.29) is 5.41 Å². The van der Waals surface area contributed by atoms with Crippen molar-refractivity contribution in [3.05, 3.63) is 199 Å². The van der Waals surface area contributed by atoms with Gasteiger partial charge in [0, 0.05) is 11.1 Å². The van der Waals surface area contributed by atoms with Gasteiger partial charge in [-0.05, 0) is 119 Å². The molecule has 0 radical (unpaired) electrons. The van der Waals surface area contributed by atoms with Gasteiger partial charge in [0.2, 0.25) is 0 Å². The third-order valence-electron chi connectivity index (χ3n) is 11.2. The summed E-state index contributed by atoms with van der Waals surface area (Å²) in [7, 11) is 0. The van der Waals surface area contributed by atoms with Gasteiger partial charge in [-0.2, -0.15) is 0 Å². The lowest BCUT2D eigenvalue weighted by Gasteiger charge is -2.42. The van der Waals surface area contributed by atoms with Crippen LogP contribution >= 0.6 is 0 Å². The Morgan fingerprint density at radius 2 is 0.692 bits per heavy atom. The molecule has 0 aromatic heterocycles. The SMILES string of the molecule is CC1(C)c2ccccc2N(c2cccc(-c3cccc(-c4cccc(-c5ccc6c7ccccc7c7ccccc7c6c5)c4)c3)c2)c2ccccc21. The minimum absolute atomic E-state index is 0.0841. The molecule has 0 atom stereocenters. The van der Waals surface area contributed by atoms with Crippen LogP contribution in [0.15, 0.2) is 188 Å². The Bertz CT molecular complexity index is 2760. The highest BCUT2D eigenvalue weighted by Gasteiger charge is 2.36. The molecule has 10 rings (SSSR count). The maximum atomic E-state index is 2.43. The molecule has 9 aromatic carbocycles. The summed E-state index contributed by atoms with van der Waals surface area (Å²) in [4.78, 5) is 2.43. The molecule has 1 nitrogen and oxygen atoms in total. The summed E-state index contributed by atoms with van der Waals surface area (Å²) in [5.41, 5.74) is 13.5. The van der Waals surface area contributed by atoms with Crippen LogP contribution in [0.5, 0.6) is 0 Å². The van der Waals surface area contributed by atoms with Crippen LogP contribution in [-0.4, -0.2) is 0 Å². The van der Waals surface area contributed by atoms with E-state index in [0.717, 1.165) is 5.69 Å². The molecule has 52 heavy (non-hydrogen) atoms. The number of rotatable bonds is 4. The van der Waals surface area contributed by atoms with Gasteiger partial charge in [-0.1, -0.05) is 159 Å². The fraction of sp³-hybridized carbons (Fsp3) is 0.0588. The van der Waals surface area contributed by atoms with Crippen molar-refractivity contribution >= 4 is 49.4 Å². The van der Waals surface area contributed by atoms with E-state index in [0.29, 0.717) is 0 Å². The molecule has 0 fully saturated rings. The predicted molar refractivity (Wildman–Crippen MR) is 222 cm³/mol. The van der Waals surface area contributed by atoms with Gasteiger partial charge in [0.25, 0.3) is 0 Å². The largest absolute Gasteiger partial charge is 0.310 e. The van der Waals surface area contributed by atoms with E-state index >= 15 is 0 Å². The van der Waals surface area contributed by atoms with E-state index in [4.69, 9.17) is 0 Å². The van der Waals surface area contributed by atoms with Crippen LogP contribution < -0.4 is 4.90 Å². The molecule has 246 valence electrons. The third-order valence-corrected chi connectivity index (χ3v) is 11.2. The van der Waals surface area contributed by atoms with Crippen molar-refractivity contribution in [1.82, 2.24) is 0 Å². The summed E-state index contributed by atoms with van der Waals surface area (Å²) in [6, 6.07) is 69.2. The van der Waals surface area contributed by atoms with Crippen LogP contribution in [0.3, 0.4) is 0 Å². The van der Waals surface area contributed by atoms with E-state index in [1.165, 1.54) is 88.2 Å². The van der Waals surface area contributed by atoms with Gasteiger partial charge >= 0.3 is 0 Å². The zero-order valence-corrected chi connectivity index (χ0v) is 29.3. The highest BCUT2D eigenvalue weighted by molar-refractivity contribution is 6.25. The van der Waals surface area contributed by atoms with Crippen molar-refractivity contribution in [2.45, 2.75) is 19.3 Å². The maximum absolute atomic E-state index is 2.43. The molecule has 9 aromatic rings. The number of anilines is 3. The first-order valence-electron chi connectivity index (χ1n) is 18.2. The Labute approximate surface area is 305 Å². The van der Waals surface area contributed by atoms with Crippen molar-refractivity contribution in [2.75, 3.05) is 4.90 Å². The van der Waals surface area contributed by atoms with E-state index in [1.807, 2.05) is 0 Å². The quantitative estimate of drug-likeness (QED) is 0.169. The molecule has 0 spiro atoms. The number of nitrogens with zero attached hydrogens (tertiary/aromatic N) is 1.